The Morgan fingerprint density at radius 1 is 0.833 bits per heavy atom. The molecule has 0 N–H and O–H groups in total. The fourth-order valence-electron chi connectivity index (χ4n) is 2.22. The summed E-state index contributed by atoms with van der Waals surface area (Å²) in [7, 11) is -1.50. The van der Waals surface area contributed by atoms with Crippen LogP contribution >= 0.6 is 0 Å². The van der Waals surface area contributed by atoms with Crippen LogP contribution in [0.5, 0.6) is 0 Å². The molecule has 0 rings (SSSR count). The van der Waals surface area contributed by atoms with Gasteiger partial charge in [0.1, 0.15) is 5.78 Å². The van der Waals surface area contributed by atoms with Crippen LogP contribution in [-0.4, -0.2) is 20.7 Å². The quantitative estimate of drug-likeness (QED) is 0.292. The van der Waals surface area contributed by atoms with Gasteiger partial charge < -0.3 is 9.22 Å². The normalized spacial score (nSPS) is 13.1. The standard InChI is InChI=1S/C21H38O2Si/c1-18(2)11-8-12-19(3)13-9-15-21(16-10-14-20(4)22)17-23-24(5,6)7/h11,13,16H,8-10,12,14-15,17H2,1-7H3. The summed E-state index contributed by atoms with van der Waals surface area (Å²) in [4.78, 5) is 11.1. The first kappa shape index (κ1) is 23.1. The van der Waals surface area contributed by atoms with Crippen molar-refractivity contribution in [1.82, 2.24) is 0 Å². The molecule has 0 aromatic carbocycles. The van der Waals surface area contributed by atoms with Gasteiger partial charge in [0.25, 0.3) is 0 Å². The van der Waals surface area contributed by atoms with Crippen molar-refractivity contribution >= 4 is 14.1 Å². The zero-order chi connectivity index (χ0) is 18.6. The van der Waals surface area contributed by atoms with Crippen molar-refractivity contribution in [2.45, 2.75) is 85.9 Å². The Kier molecular flexibility index (Phi) is 11.9. The highest BCUT2D eigenvalue weighted by Gasteiger charge is 2.14. The molecule has 0 fully saturated rings. The predicted molar refractivity (Wildman–Crippen MR) is 109 cm³/mol. The van der Waals surface area contributed by atoms with Gasteiger partial charge in [-0.1, -0.05) is 29.4 Å². The molecule has 0 saturated carbocycles. The van der Waals surface area contributed by atoms with Gasteiger partial charge in [-0.15, -0.1) is 0 Å². The number of carbonyl (C=O) groups is 1. The molecule has 0 aliphatic rings. The molecule has 3 heteroatoms. The van der Waals surface area contributed by atoms with E-state index in [1.807, 2.05) is 0 Å². The third-order valence-corrected chi connectivity index (χ3v) is 4.68. The maximum Gasteiger partial charge on any atom is 0.184 e. The van der Waals surface area contributed by atoms with Gasteiger partial charge in [-0.3, -0.25) is 0 Å². The van der Waals surface area contributed by atoms with Crippen molar-refractivity contribution < 1.29 is 9.22 Å². The number of hydrogen-bond acceptors (Lipinski definition) is 2. The molecule has 0 aromatic rings. The third-order valence-electron chi connectivity index (χ3n) is 3.67. The Balaban J connectivity index is 4.47. The number of Topliss-reactive ketones (excluding diaryl/α,β-unsaturated/α-hetero) is 1. The molecular formula is C21H38O2Si. The molecule has 138 valence electrons. The van der Waals surface area contributed by atoms with Crippen LogP contribution in [0.15, 0.2) is 34.9 Å². The Bertz CT molecular complexity index is 461. The van der Waals surface area contributed by atoms with E-state index in [1.54, 1.807) is 6.92 Å². The van der Waals surface area contributed by atoms with Gasteiger partial charge in [-0.25, -0.2) is 0 Å². The topological polar surface area (TPSA) is 26.3 Å². The maximum absolute atomic E-state index is 11.1. The molecule has 0 heterocycles. The van der Waals surface area contributed by atoms with E-state index in [-0.39, 0.29) is 5.78 Å². The minimum absolute atomic E-state index is 0.256. The van der Waals surface area contributed by atoms with Gasteiger partial charge in [0.2, 0.25) is 0 Å². The average molecular weight is 351 g/mol. The van der Waals surface area contributed by atoms with E-state index in [1.165, 1.54) is 16.7 Å². The number of hydrogen-bond donors (Lipinski definition) is 0. The van der Waals surface area contributed by atoms with Gasteiger partial charge >= 0.3 is 0 Å². The zero-order valence-corrected chi connectivity index (χ0v) is 18.0. The van der Waals surface area contributed by atoms with E-state index >= 15 is 0 Å². The molecule has 0 atom stereocenters. The molecule has 0 bridgehead atoms. The largest absolute Gasteiger partial charge is 0.414 e. The third kappa shape index (κ3) is 15.9. The number of carbonyl (C=O) groups excluding carboxylic acids is 1. The van der Waals surface area contributed by atoms with Crippen LogP contribution < -0.4 is 0 Å². The number of allylic oxidation sites excluding steroid dienone is 5. The van der Waals surface area contributed by atoms with Gasteiger partial charge in [0.05, 0.1) is 6.61 Å². The summed E-state index contributed by atoms with van der Waals surface area (Å²) < 4.78 is 6.06. The minimum atomic E-state index is -1.50. The maximum atomic E-state index is 11.1. The van der Waals surface area contributed by atoms with Gasteiger partial charge in [0.15, 0.2) is 8.32 Å². The highest BCUT2D eigenvalue weighted by Crippen LogP contribution is 2.15. The predicted octanol–water partition coefficient (Wildman–Crippen LogP) is 6.61. The highest BCUT2D eigenvalue weighted by molar-refractivity contribution is 6.69. The zero-order valence-electron chi connectivity index (χ0n) is 17.0. The average Bonchev–Trinajstić information content (AvgIpc) is 2.42. The van der Waals surface area contributed by atoms with Crippen LogP contribution in [0.2, 0.25) is 19.6 Å². The van der Waals surface area contributed by atoms with Crippen LogP contribution in [-0.2, 0) is 9.22 Å². The fraction of sp³-hybridized carbons (Fsp3) is 0.667. The first-order valence-corrected chi connectivity index (χ1v) is 12.6. The van der Waals surface area contributed by atoms with Crippen molar-refractivity contribution in [1.29, 1.82) is 0 Å². The summed E-state index contributed by atoms with van der Waals surface area (Å²) in [5.41, 5.74) is 4.19. The Hall–Kier alpha value is -0.933. The van der Waals surface area contributed by atoms with Crippen molar-refractivity contribution in [2.24, 2.45) is 0 Å². The molecule has 0 amide bonds. The Morgan fingerprint density at radius 3 is 1.96 bits per heavy atom. The molecule has 0 aliphatic carbocycles. The van der Waals surface area contributed by atoms with Crippen LogP contribution in [0.4, 0.5) is 0 Å². The van der Waals surface area contributed by atoms with Gasteiger partial charge in [0, 0.05) is 6.42 Å². The van der Waals surface area contributed by atoms with Crippen LogP contribution in [0, 0.1) is 0 Å². The van der Waals surface area contributed by atoms with Crippen LogP contribution in [0.25, 0.3) is 0 Å². The van der Waals surface area contributed by atoms with Crippen molar-refractivity contribution in [3.8, 4) is 0 Å². The molecule has 24 heavy (non-hydrogen) atoms. The molecule has 0 aliphatic heterocycles. The van der Waals surface area contributed by atoms with Crippen molar-refractivity contribution in [3.63, 3.8) is 0 Å². The van der Waals surface area contributed by atoms with Crippen molar-refractivity contribution in [3.05, 3.63) is 34.9 Å². The van der Waals surface area contributed by atoms with Crippen LogP contribution in [0.3, 0.4) is 0 Å². The smallest absolute Gasteiger partial charge is 0.184 e. The van der Waals surface area contributed by atoms with E-state index in [2.05, 4.69) is 58.6 Å². The summed E-state index contributed by atoms with van der Waals surface area (Å²) in [6.07, 6.45) is 12.7. The minimum Gasteiger partial charge on any atom is -0.414 e. The lowest BCUT2D eigenvalue weighted by Crippen LogP contribution is -2.26. The molecule has 0 aromatic heterocycles. The molecule has 2 nitrogen and oxygen atoms in total. The summed E-state index contributed by atoms with van der Waals surface area (Å²) in [5.74, 6) is 0.256. The first-order valence-electron chi connectivity index (χ1n) is 9.20. The van der Waals surface area contributed by atoms with E-state index in [0.717, 1.165) is 38.7 Å². The lowest BCUT2D eigenvalue weighted by Gasteiger charge is -2.18. The molecule has 0 saturated heterocycles. The van der Waals surface area contributed by atoms with Gasteiger partial charge in [-0.2, -0.15) is 0 Å². The molecule has 0 spiro atoms. The summed E-state index contributed by atoms with van der Waals surface area (Å²) >= 11 is 0. The van der Waals surface area contributed by atoms with E-state index in [0.29, 0.717) is 6.42 Å². The number of rotatable bonds is 12. The second-order valence-electron chi connectivity index (χ2n) is 7.91. The summed E-state index contributed by atoms with van der Waals surface area (Å²) in [6, 6.07) is 0. The van der Waals surface area contributed by atoms with Crippen molar-refractivity contribution in [2.75, 3.05) is 6.61 Å². The monoisotopic (exact) mass is 350 g/mol. The first-order chi connectivity index (χ1) is 11.1. The lowest BCUT2D eigenvalue weighted by molar-refractivity contribution is -0.116. The molecule has 0 radical (unpaired) electrons. The SMILES string of the molecule is CC(=O)CCC=C(CCC=C(C)CCC=C(C)C)CO[Si](C)(C)C. The molecular weight excluding hydrogens is 312 g/mol. The summed E-state index contributed by atoms with van der Waals surface area (Å²) in [5, 5.41) is 0. The fourth-order valence-corrected chi connectivity index (χ4v) is 2.83. The Labute approximate surface area is 151 Å². The van der Waals surface area contributed by atoms with E-state index in [4.69, 9.17) is 4.43 Å². The molecule has 0 unspecified atom stereocenters. The Morgan fingerprint density at radius 2 is 1.42 bits per heavy atom. The number of ketones is 1. The summed E-state index contributed by atoms with van der Waals surface area (Å²) in [6.45, 7) is 15.5. The van der Waals surface area contributed by atoms with E-state index < -0.39 is 8.32 Å². The highest BCUT2D eigenvalue weighted by atomic mass is 28.4. The second-order valence-corrected chi connectivity index (χ2v) is 12.4. The van der Waals surface area contributed by atoms with Gasteiger partial charge in [-0.05, 0) is 85.0 Å². The lowest BCUT2D eigenvalue weighted by atomic mass is 10.0. The van der Waals surface area contributed by atoms with Crippen LogP contribution in [0.1, 0.15) is 66.2 Å². The van der Waals surface area contributed by atoms with E-state index in [9.17, 15) is 4.79 Å². The second kappa shape index (κ2) is 12.4.